The summed E-state index contributed by atoms with van der Waals surface area (Å²) in [5.74, 6) is 0.183. The van der Waals surface area contributed by atoms with E-state index in [0.717, 1.165) is 16.5 Å². The van der Waals surface area contributed by atoms with Crippen LogP contribution in [0.2, 0.25) is 0 Å². The van der Waals surface area contributed by atoms with Gasteiger partial charge in [-0.1, -0.05) is 18.2 Å². The molecule has 134 valence electrons. The Morgan fingerprint density at radius 3 is 2.59 bits per heavy atom. The number of aromatic nitrogens is 3. The molecule has 2 heterocycles. The van der Waals surface area contributed by atoms with E-state index >= 15 is 0 Å². The van der Waals surface area contributed by atoms with Gasteiger partial charge in [0.2, 0.25) is 0 Å². The van der Waals surface area contributed by atoms with Crippen LogP contribution in [0.1, 0.15) is 10.4 Å². The maximum Gasteiger partial charge on any atom is 0.335 e. The van der Waals surface area contributed by atoms with Crippen molar-refractivity contribution in [3.63, 3.8) is 0 Å². The van der Waals surface area contributed by atoms with Gasteiger partial charge in [0, 0.05) is 29.0 Å². The fourth-order valence-electron chi connectivity index (χ4n) is 2.66. The first-order valence-corrected chi connectivity index (χ1v) is 7.98. The average molecular weight is 379 g/mol. The van der Waals surface area contributed by atoms with Crippen molar-refractivity contribution in [1.82, 2.24) is 15.0 Å². The molecule has 0 aliphatic carbocycles. The lowest BCUT2D eigenvalue weighted by molar-refractivity contribution is 0.0697. The lowest BCUT2D eigenvalue weighted by atomic mass is 10.2. The van der Waals surface area contributed by atoms with Crippen LogP contribution >= 0.6 is 12.4 Å². The van der Waals surface area contributed by atoms with E-state index < -0.39 is 5.97 Å². The number of halogens is 1. The zero-order chi connectivity index (χ0) is 17.9. The van der Waals surface area contributed by atoms with Gasteiger partial charge in [0.25, 0.3) is 0 Å². The van der Waals surface area contributed by atoms with Crippen molar-refractivity contribution in [2.24, 2.45) is 0 Å². The van der Waals surface area contributed by atoms with Crippen molar-refractivity contribution in [3.8, 4) is 11.4 Å². The minimum atomic E-state index is -0.975. The third-order valence-corrected chi connectivity index (χ3v) is 3.90. The number of nitrogens with zero attached hydrogens (tertiary/aromatic N) is 3. The molecule has 2 aromatic carbocycles. The van der Waals surface area contributed by atoms with Gasteiger partial charge in [-0.2, -0.15) is 0 Å². The van der Waals surface area contributed by atoms with Crippen LogP contribution in [0, 0.1) is 0 Å². The van der Waals surface area contributed by atoms with Gasteiger partial charge in [0.1, 0.15) is 5.82 Å². The van der Waals surface area contributed by atoms with E-state index in [1.807, 2.05) is 36.4 Å². The van der Waals surface area contributed by atoms with Gasteiger partial charge in [0.05, 0.1) is 11.1 Å². The average Bonchev–Trinajstić information content (AvgIpc) is 2.69. The Bertz CT molecular complexity index is 1100. The molecule has 0 aliphatic rings. The van der Waals surface area contributed by atoms with Gasteiger partial charge >= 0.3 is 5.97 Å². The molecule has 2 N–H and O–H groups in total. The molecule has 4 rings (SSSR count). The third kappa shape index (κ3) is 3.86. The smallest absolute Gasteiger partial charge is 0.335 e. The molecular weight excluding hydrogens is 364 g/mol. The van der Waals surface area contributed by atoms with Crippen LogP contribution in [0.4, 0.5) is 11.5 Å². The van der Waals surface area contributed by atoms with E-state index in [0.29, 0.717) is 17.3 Å². The number of carboxylic acid groups (broad SMARTS) is 1. The Morgan fingerprint density at radius 2 is 1.81 bits per heavy atom. The van der Waals surface area contributed by atoms with Gasteiger partial charge in [-0.25, -0.2) is 14.8 Å². The van der Waals surface area contributed by atoms with E-state index in [2.05, 4.69) is 20.3 Å². The predicted molar refractivity (Wildman–Crippen MR) is 107 cm³/mol. The van der Waals surface area contributed by atoms with Gasteiger partial charge < -0.3 is 10.4 Å². The second-order valence-electron chi connectivity index (χ2n) is 5.67. The molecule has 0 radical (unpaired) electrons. The van der Waals surface area contributed by atoms with E-state index in [1.54, 1.807) is 36.7 Å². The summed E-state index contributed by atoms with van der Waals surface area (Å²) in [6.45, 7) is 0. The van der Waals surface area contributed by atoms with Crippen molar-refractivity contribution in [3.05, 3.63) is 78.6 Å². The zero-order valence-corrected chi connectivity index (χ0v) is 14.9. The first-order chi connectivity index (χ1) is 12.7. The Labute approximate surface area is 161 Å². The third-order valence-electron chi connectivity index (χ3n) is 3.90. The van der Waals surface area contributed by atoms with Crippen LogP contribution in [-0.4, -0.2) is 26.0 Å². The summed E-state index contributed by atoms with van der Waals surface area (Å²) in [4.78, 5) is 24.6. The van der Waals surface area contributed by atoms with Crippen molar-refractivity contribution < 1.29 is 9.90 Å². The number of hydrogen-bond acceptors (Lipinski definition) is 5. The first-order valence-electron chi connectivity index (χ1n) is 7.98. The number of carboxylic acids is 1. The molecule has 0 bridgehead atoms. The number of hydrogen-bond donors (Lipinski definition) is 2. The second-order valence-corrected chi connectivity index (χ2v) is 5.67. The van der Waals surface area contributed by atoms with E-state index in [4.69, 9.17) is 0 Å². The molecule has 0 atom stereocenters. The molecule has 0 aliphatic heterocycles. The number of aromatic carboxylic acids is 1. The predicted octanol–water partition coefficient (Wildman–Crippen LogP) is 4.56. The Kier molecular flexibility index (Phi) is 5.28. The summed E-state index contributed by atoms with van der Waals surface area (Å²) in [5.41, 5.74) is 2.45. The maximum atomic E-state index is 11.2. The maximum absolute atomic E-state index is 11.2. The quantitative estimate of drug-likeness (QED) is 0.541. The summed E-state index contributed by atoms with van der Waals surface area (Å²) < 4.78 is 0. The van der Waals surface area contributed by atoms with Crippen LogP contribution in [0.25, 0.3) is 22.3 Å². The summed E-state index contributed by atoms with van der Waals surface area (Å²) in [6, 6.07) is 18.0. The van der Waals surface area contributed by atoms with Crippen molar-refractivity contribution in [2.45, 2.75) is 0 Å². The second kappa shape index (κ2) is 7.80. The lowest BCUT2D eigenvalue weighted by Crippen LogP contribution is -2.01. The van der Waals surface area contributed by atoms with E-state index in [-0.39, 0.29) is 18.0 Å². The monoisotopic (exact) mass is 378 g/mol. The van der Waals surface area contributed by atoms with Crippen molar-refractivity contribution >= 4 is 40.8 Å². The highest BCUT2D eigenvalue weighted by Gasteiger charge is 2.10. The number of nitrogens with one attached hydrogen (secondary N) is 1. The molecule has 4 aromatic rings. The molecule has 0 spiro atoms. The van der Waals surface area contributed by atoms with E-state index in [9.17, 15) is 9.90 Å². The SMILES string of the molecule is Cl.O=C(O)c1cccc(Nc2nc(-c3cccnc3)nc3ccccc23)c1. The Balaban J connectivity index is 0.00000210. The molecule has 0 saturated carbocycles. The highest BCUT2D eigenvalue weighted by atomic mass is 35.5. The van der Waals surface area contributed by atoms with Crippen LogP contribution < -0.4 is 5.32 Å². The molecule has 2 aromatic heterocycles. The van der Waals surface area contributed by atoms with Crippen LogP contribution in [0.15, 0.2) is 73.1 Å². The minimum Gasteiger partial charge on any atom is -0.478 e. The number of carbonyl (C=O) groups is 1. The van der Waals surface area contributed by atoms with Crippen LogP contribution in [0.3, 0.4) is 0 Å². The van der Waals surface area contributed by atoms with E-state index in [1.165, 1.54) is 0 Å². The number of fused-ring (bicyclic) bond motifs is 1. The summed E-state index contributed by atoms with van der Waals surface area (Å²) in [6.07, 6.45) is 3.40. The summed E-state index contributed by atoms with van der Waals surface area (Å²) >= 11 is 0. The van der Waals surface area contributed by atoms with Gasteiger partial charge in [-0.3, -0.25) is 4.98 Å². The fraction of sp³-hybridized carbons (Fsp3) is 0. The van der Waals surface area contributed by atoms with Gasteiger partial charge in [0.15, 0.2) is 5.82 Å². The number of pyridine rings is 1. The number of anilines is 2. The molecule has 7 heteroatoms. The van der Waals surface area contributed by atoms with Gasteiger partial charge in [-0.05, 0) is 42.5 Å². The molecule has 0 saturated heterocycles. The van der Waals surface area contributed by atoms with Crippen LogP contribution in [0.5, 0.6) is 0 Å². The van der Waals surface area contributed by atoms with Crippen molar-refractivity contribution in [1.29, 1.82) is 0 Å². The van der Waals surface area contributed by atoms with Crippen LogP contribution in [-0.2, 0) is 0 Å². The number of benzene rings is 2. The number of rotatable bonds is 4. The molecule has 0 amide bonds. The molecular formula is C20H15ClN4O2. The Hall–Kier alpha value is -3.51. The Morgan fingerprint density at radius 1 is 0.963 bits per heavy atom. The summed E-state index contributed by atoms with van der Waals surface area (Å²) in [5, 5.41) is 13.2. The lowest BCUT2D eigenvalue weighted by Gasteiger charge is -2.11. The minimum absolute atomic E-state index is 0. The molecule has 0 unspecified atom stereocenters. The highest BCUT2D eigenvalue weighted by Crippen LogP contribution is 2.27. The topological polar surface area (TPSA) is 88.0 Å². The van der Waals surface area contributed by atoms with Crippen molar-refractivity contribution in [2.75, 3.05) is 5.32 Å². The fourth-order valence-corrected chi connectivity index (χ4v) is 2.66. The molecule has 0 fully saturated rings. The zero-order valence-electron chi connectivity index (χ0n) is 14.0. The highest BCUT2D eigenvalue weighted by molar-refractivity contribution is 5.93. The first kappa shape index (κ1) is 18.3. The summed E-state index contributed by atoms with van der Waals surface area (Å²) in [7, 11) is 0. The largest absolute Gasteiger partial charge is 0.478 e. The molecule has 27 heavy (non-hydrogen) atoms. The normalized spacial score (nSPS) is 10.2. The molecule has 6 nitrogen and oxygen atoms in total. The number of para-hydroxylation sites is 1. The standard InChI is InChI=1S/C20H14N4O2.ClH/c25-20(26)13-5-3-7-15(11-13)22-19-16-8-1-2-9-17(16)23-18(24-19)14-6-4-10-21-12-14;/h1-12H,(H,25,26)(H,22,23,24);1H. The van der Waals surface area contributed by atoms with Gasteiger partial charge in [-0.15, -0.1) is 12.4 Å².